The highest BCUT2D eigenvalue weighted by atomic mass is 16.5. The lowest BCUT2D eigenvalue weighted by Crippen LogP contribution is -2.01. The molecule has 0 spiro atoms. The molecule has 0 aliphatic heterocycles. The molecule has 0 saturated carbocycles. The lowest BCUT2D eigenvalue weighted by molar-refractivity contribution is 0.292. The minimum atomic E-state index is 0.363. The van der Waals surface area contributed by atoms with Crippen molar-refractivity contribution in [3.05, 3.63) is 35.3 Å². The molecule has 0 atom stereocenters. The molecule has 0 fully saturated rings. The molecule has 16 heavy (non-hydrogen) atoms. The molecule has 0 aromatic carbocycles. The lowest BCUT2D eigenvalue weighted by atomic mass is 10.2. The number of anilines is 1. The minimum absolute atomic E-state index is 0.363. The van der Waals surface area contributed by atoms with Gasteiger partial charge in [0.1, 0.15) is 12.4 Å². The summed E-state index contributed by atoms with van der Waals surface area (Å²) in [7, 11) is 0. The number of aryl methyl sites for hydroxylation is 2. The summed E-state index contributed by atoms with van der Waals surface area (Å²) in [6, 6.07) is 3.51. The number of ether oxygens (including phenoxy) is 1. The summed E-state index contributed by atoms with van der Waals surface area (Å²) in [5.41, 5.74) is 7.99. The van der Waals surface area contributed by atoms with Crippen LogP contribution in [-0.2, 0) is 6.61 Å². The number of pyridine rings is 1. The first kappa shape index (κ1) is 10.5. The Kier molecular flexibility index (Phi) is 2.76. The third-order valence-electron chi connectivity index (χ3n) is 2.34. The zero-order valence-corrected chi connectivity index (χ0v) is 9.23. The third-order valence-corrected chi connectivity index (χ3v) is 2.34. The van der Waals surface area contributed by atoms with Crippen molar-refractivity contribution in [1.29, 1.82) is 0 Å². The Balaban J connectivity index is 2.11. The van der Waals surface area contributed by atoms with E-state index in [1.54, 1.807) is 18.3 Å². The number of rotatable bonds is 3. The van der Waals surface area contributed by atoms with Crippen molar-refractivity contribution < 1.29 is 9.26 Å². The molecule has 0 bridgehead atoms. The van der Waals surface area contributed by atoms with Crippen molar-refractivity contribution in [3.63, 3.8) is 0 Å². The smallest absolute Gasteiger partial charge is 0.237 e. The van der Waals surface area contributed by atoms with Crippen LogP contribution >= 0.6 is 0 Å². The van der Waals surface area contributed by atoms with E-state index >= 15 is 0 Å². The maximum absolute atomic E-state index is 5.71. The summed E-state index contributed by atoms with van der Waals surface area (Å²) < 4.78 is 10.5. The molecule has 0 radical (unpaired) electrons. The Morgan fingerprint density at radius 3 is 2.88 bits per heavy atom. The van der Waals surface area contributed by atoms with Gasteiger partial charge in [-0.25, -0.2) is 4.98 Å². The Morgan fingerprint density at radius 1 is 1.44 bits per heavy atom. The topological polar surface area (TPSA) is 74.2 Å². The van der Waals surface area contributed by atoms with Crippen molar-refractivity contribution in [2.45, 2.75) is 20.5 Å². The minimum Gasteiger partial charge on any atom is -0.471 e. The average molecular weight is 219 g/mol. The second-order valence-corrected chi connectivity index (χ2v) is 3.49. The SMILES string of the molecule is Cc1noc(C)c1COc1ncccc1N. The maximum Gasteiger partial charge on any atom is 0.237 e. The summed E-state index contributed by atoms with van der Waals surface area (Å²) in [6.07, 6.45) is 1.64. The van der Waals surface area contributed by atoms with Crippen molar-refractivity contribution >= 4 is 5.69 Å². The van der Waals surface area contributed by atoms with Crippen LogP contribution in [0.1, 0.15) is 17.0 Å². The van der Waals surface area contributed by atoms with Gasteiger partial charge in [-0.15, -0.1) is 0 Å². The van der Waals surface area contributed by atoms with Crippen molar-refractivity contribution in [2.24, 2.45) is 0 Å². The van der Waals surface area contributed by atoms with Gasteiger partial charge < -0.3 is 15.0 Å². The zero-order valence-electron chi connectivity index (χ0n) is 9.23. The lowest BCUT2D eigenvalue weighted by Gasteiger charge is -2.06. The van der Waals surface area contributed by atoms with E-state index in [1.165, 1.54) is 0 Å². The molecule has 5 nitrogen and oxygen atoms in total. The fourth-order valence-electron chi connectivity index (χ4n) is 1.37. The molecule has 2 aromatic heterocycles. The Hall–Kier alpha value is -2.04. The molecule has 0 aliphatic carbocycles. The van der Waals surface area contributed by atoms with Crippen LogP contribution in [0.3, 0.4) is 0 Å². The molecule has 2 heterocycles. The predicted octanol–water partition coefficient (Wildman–Crippen LogP) is 1.85. The van der Waals surface area contributed by atoms with Crippen molar-refractivity contribution in [3.8, 4) is 5.88 Å². The zero-order chi connectivity index (χ0) is 11.5. The summed E-state index contributed by atoms with van der Waals surface area (Å²) in [5, 5.41) is 3.84. The molecular formula is C11H13N3O2. The van der Waals surface area contributed by atoms with Crippen LogP contribution in [0.25, 0.3) is 0 Å². The van der Waals surface area contributed by atoms with E-state index in [0.29, 0.717) is 18.2 Å². The normalized spacial score (nSPS) is 10.4. The molecule has 2 rings (SSSR count). The summed E-state index contributed by atoms with van der Waals surface area (Å²) >= 11 is 0. The number of nitrogen functional groups attached to an aromatic ring is 1. The molecule has 2 aromatic rings. The summed E-state index contributed by atoms with van der Waals surface area (Å²) in [4.78, 5) is 4.04. The number of nitrogens with zero attached hydrogens (tertiary/aromatic N) is 2. The molecule has 2 N–H and O–H groups in total. The highest BCUT2D eigenvalue weighted by molar-refractivity contribution is 5.46. The fraction of sp³-hybridized carbons (Fsp3) is 0.273. The third kappa shape index (κ3) is 1.98. The number of hydrogen-bond donors (Lipinski definition) is 1. The quantitative estimate of drug-likeness (QED) is 0.852. The van der Waals surface area contributed by atoms with Crippen LogP contribution in [0.5, 0.6) is 5.88 Å². The molecule has 84 valence electrons. The van der Waals surface area contributed by atoms with Crippen molar-refractivity contribution in [2.75, 3.05) is 5.73 Å². The van der Waals surface area contributed by atoms with Gasteiger partial charge in [0.25, 0.3) is 0 Å². The Morgan fingerprint density at radius 2 is 2.25 bits per heavy atom. The van der Waals surface area contributed by atoms with E-state index in [-0.39, 0.29) is 0 Å². The molecule has 0 amide bonds. The number of hydrogen-bond acceptors (Lipinski definition) is 5. The highest BCUT2D eigenvalue weighted by Gasteiger charge is 2.10. The second kappa shape index (κ2) is 4.22. The number of aromatic nitrogens is 2. The first-order valence-electron chi connectivity index (χ1n) is 4.93. The van der Waals surface area contributed by atoms with E-state index < -0.39 is 0 Å². The van der Waals surface area contributed by atoms with Gasteiger partial charge in [0.15, 0.2) is 0 Å². The predicted molar refractivity (Wildman–Crippen MR) is 59.0 cm³/mol. The van der Waals surface area contributed by atoms with Crippen LogP contribution < -0.4 is 10.5 Å². The molecular weight excluding hydrogens is 206 g/mol. The average Bonchev–Trinajstić information content (AvgIpc) is 2.58. The monoisotopic (exact) mass is 219 g/mol. The fourth-order valence-corrected chi connectivity index (χ4v) is 1.37. The van der Waals surface area contributed by atoms with Gasteiger partial charge in [-0.1, -0.05) is 5.16 Å². The largest absolute Gasteiger partial charge is 0.471 e. The Bertz CT molecular complexity index is 474. The van der Waals surface area contributed by atoms with Gasteiger partial charge in [0.2, 0.25) is 5.88 Å². The van der Waals surface area contributed by atoms with E-state index in [0.717, 1.165) is 17.0 Å². The van der Waals surface area contributed by atoms with Crippen LogP contribution in [0.15, 0.2) is 22.9 Å². The van der Waals surface area contributed by atoms with E-state index in [9.17, 15) is 0 Å². The van der Waals surface area contributed by atoms with Crippen LogP contribution in [-0.4, -0.2) is 10.1 Å². The van der Waals surface area contributed by atoms with Gasteiger partial charge in [-0.2, -0.15) is 0 Å². The first-order chi connectivity index (χ1) is 7.68. The van der Waals surface area contributed by atoms with Gasteiger partial charge in [-0.05, 0) is 26.0 Å². The molecule has 0 unspecified atom stereocenters. The second-order valence-electron chi connectivity index (χ2n) is 3.49. The number of nitrogens with two attached hydrogens (primary N) is 1. The molecule has 5 heteroatoms. The Labute approximate surface area is 93.2 Å². The van der Waals surface area contributed by atoms with Crippen LogP contribution in [0, 0.1) is 13.8 Å². The molecule has 0 saturated heterocycles. The van der Waals surface area contributed by atoms with Gasteiger partial charge >= 0.3 is 0 Å². The maximum atomic E-state index is 5.71. The van der Waals surface area contributed by atoms with Gasteiger partial charge in [0, 0.05) is 6.20 Å². The van der Waals surface area contributed by atoms with Crippen LogP contribution in [0.2, 0.25) is 0 Å². The summed E-state index contributed by atoms with van der Waals surface area (Å²) in [5.74, 6) is 1.19. The first-order valence-corrected chi connectivity index (χ1v) is 4.93. The highest BCUT2D eigenvalue weighted by Crippen LogP contribution is 2.19. The molecule has 0 aliphatic rings. The van der Waals surface area contributed by atoms with Crippen molar-refractivity contribution in [1.82, 2.24) is 10.1 Å². The van der Waals surface area contributed by atoms with Gasteiger partial charge in [0.05, 0.1) is 16.9 Å². The standard InChI is InChI=1S/C11H13N3O2/c1-7-9(8(2)16-14-7)6-15-11-10(12)4-3-5-13-11/h3-5H,6,12H2,1-2H3. The van der Waals surface area contributed by atoms with E-state index in [4.69, 9.17) is 15.0 Å². The summed E-state index contributed by atoms with van der Waals surface area (Å²) in [6.45, 7) is 4.08. The van der Waals surface area contributed by atoms with E-state index in [2.05, 4.69) is 10.1 Å². The van der Waals surface area contributed by atoms with Crippen LogP contribution in [0.4, 0.5) is 5.69 Å². The van der Waals surface area contributed by atoms with Gasteiger partial charge in [-0.3, -0.25) is 0 Å². The van der Waals surface area contributed by atoms with E-state index in [1.807, 2.05) is 13.8 Å².